The van der Waals surface area contributed by atoms with E-state index in [0.717, 1.165) is 19.5 Å². The summed E-state index contributed by atoms with van der Waals surface area (Å²) < 4.78 is 0. The van der Waals surface area contributed by atoms with Gasteiger partial charge in [-0.1, -0.05) is 32.9 Å². The Bertz CT molecular complexity index is 262. The first-order valence-electron chi connectivity index (χ1n) is 6.57. The molecule has 5 nitrogen and oxygen atoms in total. The lowest BCUT2D eigenvalue weighted by atomic mass is 9.88. The molecule has 0 spiro atoms. The lowest BCUT2D eigenvalue weighted by Gasteiger charge is -2.28. The number of amidine groups is 1. The van der Waals surface area contributed by atoms with Gasteiger partial charge in [-0.15, -0.1) is 0 Å². The molecule has 0 radical (unpaired) electrons. The van der Waals surface area contributed by atoms with Crippen LogP contribution in [0, 0.1) is 11.3 Å². The first-order chi connectivity index (χ1) is 8.20. The maximum atomic E-state index is 8.72. The van der Waals surface area contributed by atoms with E-state index in [9.17, 15) is 0 Å². The fraction of sp³-hybridized carbons (Fsp3) is 0.923. The van der Waals surface area contributed by atoms with Crippen molar-refractivity contribution in [2.24, 2.45) is 22.2 Å². The van der Waals surface area contributed by atoms with E-state index in [1.165, 1.54) is 0 Å². The summed E-state index contributed by atoms with van der Waals surface area (Å²) in [5.74, 6) is 0.873. The molecule has 1 atom stereocenters. The number of nitrogens with two attached hydrogens (primary N) is 1. The van der Waals surface area contributed by atoms with Crippen LogP contribution in [0.2, 0.25) is 0 Å². The van der Waals surface area contributed by atoms with Crippen molar-refractivity contribution in [2.75, 3.05) is 27.2 Å². The van der Waals surface area contributed by atoms with E-state index in [4.69, 9.17) is 10.9 Å². The van der Waals surface area contributed by atoms with Crippen LogP contribution in [0.5, 0.6) is 0 Å². The Balaban J connectivity index is 4.22. The lowest BCUT2D eigenvalue weighted by molar-refractivity contribution is 0.277. The van der Waals surface area contributed by atoms with E-state index in [-0.39, 0.29) is 11.3 Å². The van der Waals surface area contributed by atoms with Gasteiger partial charge in [0.2, 0.25) is 0 Å². The Morgan fingerprint density at radius 2 is 1.94 bits per heavy atom. The smallest absolute Gasteiger partial charge is 0.144 e. The largest absolute Gasteiger partial charge is 0.409 e. The molecule has 0 saturated heterocycles. The van der Waals surface area contributed by atoms with Crippen LogP contribution in [0.25, 0.3) is 0 Å². The van der Waals surface area contributed by atoms with Crippen molar-refractivity contribution >= 4 is 5.84 Å². The first kappa shape index (κ1) is 17.2. The van der Waals surface area contributed by atoms with E-state index in [1.54, 1.807) is 0 Å². The van der Waals surface area contributed by atoms with Crippen LogP contribution in [0.15, 0.2) is 5.16 Å². The number of hydrogen-bond donors (Lipinski definition) is 3. The maximum absolute atomic E-state index is 8.72. The number of rotatable bonds is 8. The normalized spacial score (nSPS) is 15.4. The van der Waals surface area contributed by atoms with Gasteiger partial charge in [-0.25, -0.2) is 0 Å². The van der Waals surface area contributed by atoms with E-state index < -0.39 is 0 Å². The topological polar surface area (TPSA) is 73.9 Å². The van der Waals surface area contributed by atoms with Gasteiger partial charge in [-0.3, -0.25) is 0 Å². The van der Waals surface area contributed by atoms with Gasteiger partial charge in [0, 0.05) is 18.0 Å². The molecule has 0 aliphatic rings. The number of nitrogens with zero attached hydrogens (tertiary/aromatic N) is 2. The van der Waals surface area contributed by atoms with Gasteiger partial charge >= 0.3 is 0 Å². The van der Waals surface area contributed by atoms with Crippen molar-refractivity contribution in [3.63, 3.8) is 0 Å². The fourth-order valence-electron chi connectivity index (χ4n) is 1.74. The van der Waals surface area contributed by atoms with E-state index >= 15 is 0 Å². The van der Waals surface area contributed by atoms with Crippen LogP contribution in [0.3, 0.4) is 0 Å². The molecule has 4 N–H and O–H groups in total. The zero-order valence-corrected chi connectivity index (χ0v) is 12.7. The monoisotopic (exact) mass is 258 g/mol. The first-order valence-corrected chi connectivity index (χ1v) is 6.57. The van der Waals surface area contributed by atoms with Crippen LogP contribution in [-0.2, 0) is 0 Å². The predicted octanol–water partition coefficient (Wildman–Crippen LogP) is 1.32. The highest BCUT2D eigenvalue weighted by molar-refractivity contribution is 5.85. The highest BCUT2D eigenvalue weighted by Crippen LogP contribution is 2.19. The van der Waals surface area contributed by atoms with Gasteiger partial charge in [0.1, 0.15) is 5.84 Å². The summed E-state index contributed by atoms with van der Waals surface area (Å²) in [5.41, 5.74) is 5.40. The molecular weight excluding hydrogens is 228 g/mol. The van der Waals surface area contributed by atoms with Crippen molar-refractivity contribution in [1.82, 2.24) is 10.2 Å². The zero-order chi connectivity index (χ0) is 14.3. The molecule has 0 saturated carbocycles. The zero-order valence-electron chi connectivity index (χ0n) is 12.7. The highest BCUT2D eigenvalue weighted by atomic mass is 16.4. The van der Waals surface area contributed by atoms with Gasteiger partial charge in [-0.05, 0) is 33.0 Å². The quantitative estimate of drug-likeness (QED) is 0.266. The third-order valence-electron chi connectivity index (χ3n) is 3.32. The molecule has 18 heavy (non-hydrogen) atoms. The summed E-state index contributed by atoms with van der Waals surface area (Å²) in [6.45, 7) is 10.3. The Kier molecular flexibility index (Phi) is 7.25. The van der Waals surface area contributed by atoms with Gasteiger partial charge in [0.05, 0.1) is 0 Å². The van der Waals surface area contributed by atoms with Gasteiger partial charge < -0.3 is 21.2 Å². The van der Waals surface area contributed by atoms with E-state index in [0.29, 0.717) is 12.0 Å². The summed E-state index contributed by atoms with van der Waals surface area (Å²) in [6.07, 6.45) is 0.847. The summed E-state index contributed by atoms with van der Waals surface area (Å²) in [4.78, 5) is 2.19. The van der Waals surface area contributed by atoms with Crippen LogP contribution < -0.4 is 11.1 Å². The molecule has 0 rings (SSSR count). The molecule has 0 aliphatic heterocycles. The van der Waals surface area contributed by atoms with Crippen molar-refractivity contribution in [3.8, 4) is 0 Å². The van der Waals surface area contributed by atoms with Gasteiger partial charge in [-0.2, -0.15) is 0 Å². The molecule has 0 amide bonds. The second-order valence-electron chi connectivity index (χ2n) is 6.19. The maximum Gasteiger partial charge on any atom is 0.144 e. The second-order valence-corrected chi connectivity index (χ2v) is 6.19. The lowest BCUT2D eigenvalue weighted by Crippen LogP contribution is -2.44. The molecule has 0 fully saturated rings. The summed E-state index contributed by atoms with van der Waals surface area (Å²) >= 11 is 0. The molecule has 108 valence electrons. The summed E-state index contributed by atoms with van der Waals surface area (Å²) in [5, 5.41) is 15.4. The molecular formula is C13H30N4O. The molecule has 0 aliphatic carbocycles. The third-order valence-corrected chi connectivity index (χ3v) is 3.32. The van der Waals surface area contributed by atoms with E-state index in [1.807, 2.05) is 13.8 Å². The predicted molar refractivity (Wildman–Crippen MR) is 77.0 cm³/mol. The molecule has 0 aromatic rings. The number of hydrogen-bond acceptors (Lipinski definition) is 4. The SMILES string of the molecule is CC(C)C(CN(C)C)NCCC(C)(C)C(N)=NO. The molecule has 0 heterocycles. The molecule has 0 bridgehead atoms. The van der Waals surface area contributed by atoms with Crippen molar-refractivity contribution in [1.29, 1.82) is 0 Å². The van der Waals surface area contributed by atoms with Crippen molar-refractivity contribution in [2.45, 2.75) is 40.2 Å². The Labute approximate surface area is 111 Å². The fourth-order valence-corrected chi connectivity index (χ4v) is 1.74. The molecule has 1 unspecified atom stereocenters. The summed E-state index contributed by atoms with van der Waals surface area (Å²) in [6, 6.07) is 0.461. The number of nitrogens with one attached hydrogen (secondary N) is 1. The summed E-state index contributed by atoms with van der Waals surface area (Å²) in [7, 11) is 4.16. The Hall–Kier alpha value is -0.810. The molecule has 0 aromatic heterocycles. The average molecular weight is 258 g/mol. The van der Waals surface area contributed by atoms with Crippen LogP contribution >= 0.6 is 0 Å². The van der Waals surface area contributed by atoms with Crippen LogP contribution in [0.1, 0.15) is 34.1 Å². The third kappa shape index (κ3) is 6.21. The minimum atomic E-state index is -0.276. The van der Waals surface area contributed by atoms with Crippen molar-refractivity contribution < 1.29 is 5.21 Å². The second kappa shape index (κ2) is 7.59. The Morgan fingerprint density at radius 1 is 1.39 bits per heavy atom. The number of oxime groups is 1. The van der Waals surface area contributed by atoms with Crippen molar-refractivity contribution in [3.05, 3.63) is 0 Å². The molecule has 5 heteroatoms. The average Bonchev–Trinajstić information content (AvgIpc) is 2.25. The minimum Gasteiger partial charge on any atom is -0.409 e. The van der Waals surface area contributed by atoms with Gasteiger partial charge in [0.15, 0.2) is 0 Å². The minimum absolute atomic E-state index is 0.276. The van der Waals surface area contributed by atoms with E-state index in [2.05, 4.69) is 43.3 Å². The van der Waals surface area contributed by atoms with Gasteiger partial charge in [0.25, 0.3) is 0 Å². The molecule has 0 aromatic carbocycles. The van der Waals surface area contributed by atoms with Crippen LogP contribution in [-0.4, -0.2) is 49.2 Å². The van der Waals surface area contributed by atoms with Crippen LogP contribution in [0.4, 0.5) is 0 Å². The highest BCUT2D eigenvalue weighted by Gasteiger charge is 2.24. The standard InChI is InChI=1S/C13H30N4O/c1-10(2)11(9-17(5)6)15-8-7-13(3,4)12(14)16-18/h10-11,15,18H,7-9H2,1-6H3,(H2,14,16). The number of likely N-dealkylation sites (N-methyl/N-ethyl adjacent to an activating group) is 1. The Morgan fingerprint density at radius 3 is 2.33 bits per heavy atom.